The molecule has 0 unspecified atom stereocenters. The zero-order valence-corrected chi connectivity index (χ0v) is 14.7. The summed E-state index contributed by atoms with van der Waals surface area (Å²) in [5.74, 6) is -0.636. The van der Waals surface area contributed by atoms with Crippen molar-refractivity contribution in [2.24, 2.45) is 0 Å². The number of thiazole rings is 1. The van der Waals surface area contributed by atoms with Gasteiger partial charge in [0.2, 0.25) is 5.91 Å². The van der Waals surface area contributed by atoms with E-state index in [4.69, 9.17) is 5.11 Å². The Labute approximate surface area is 154 Å². The fraction of sp³-hybridized carbons (Fsp3) is 0.294. The van der Waals surface area contributed by atoms with Gasteiger partial charge in [0.1, 0.15) is 10.7 Å². The molecule has 2 N–H and O–H groups in total. The molecule has 0 aliphatic carbocycles. The Hall–Kier alpha value is -2.94. The van der Waals surface area contributed by atoms with Gasteiger partial charge in [0.25, 0.3) is 5.91 Å². The smallest absolute Gasteiger partial charge is 0.407 e. The molecule has 9 heteroatoms. The first-order valence-corrected chi connectivity index (χ1v) is 8.97. The zero-order chi connectivity index (χ0) is 18.5. The number of nitrogens with zero attached hydrogens (tertiary/aromatic N) is 3. The Kier molecular flexibility index (Phi) is 5.47. The summed E-state index contributed by atoms with van der Waals surface area (Å²) in [5, 5.41) is 13.9. The van der Waals surface area contributed by atoms with Gasteiger partial charge in [0, 0.05) is 37.1 Å². The summed E-state index contributed by atoms with van der Waals surface area (Å²) in [6, 6.07) is 9.55. The van der Waals surface area contributed by atoms with Gasteiger partial charge >= 0.3 is 6.09 Å². The van der Waals surface area contributed by atoms with E-state index in [0.29, 0.717) is 13.1 Å². The van der Waals surface area contributed by atoms with Crippen molar-refractivity contribution in [3.8, 4) is 10.6 Å². The van der Waals surface area contributed by atoms with E-state index in [0.717, 1.165) is 10.6 Å². The molecular formula is C17H18N4O4S. The molecule has 1 aliphatic rings. The van der Waals surface area contributed by atoms with Gasteiger partial charge in [-0.1, -0.05) is 30.3 Å². The predicted molar refractivity (Wildman–Crippen MR) is 96.1 cm³/mol. The molecule has 1 fully saturated rings. The lowest BCUT2D eigenvalue weighted by Crippen LogP contribution is -2.52. The number of hydrogen-bond donors (Lipinski definition) is 2. The van der Waals surface area contributed by atoms with E-state index in [1.165, 1.54) is 16.2 Å². The quantitative estimate of drug-likeness (QED) is 0.841. The zero-order valence-electron chi connectivity index (χ0n) is 13.9. The minimum Gasteiger partial charge on any atom is -0.465 e. The molecular weight excluding hydrogens is 356 g/mol. The second-order valence-electron chi connectivity index (χ2n) is 5.74. The first-order chi connectivity index (χ1) is 12.5. The summed E-state index contributed by atoms with van der Waals surface area (Å²) in [4.78, 5) is 42.4. The summed E-state index contributed by atoms with van der Waals surface area (Å²) in [6.45, 7) is 1.08. The summed E-state index contributed by atoms with van der Waals surface area (Å²) < 4.78 is 0. The molecule has 1 aromatic heterocycles. The summed E-state index contributed by atoms with van der Waals surface area (Å²) >= 11 is 1.37. The Bertz CT molecular complexity index is 800. The lowest BCUT2D eigenvalue weighted by atomic mass is 10.2. The molecule has 26 heavy (non-hydrogen) atoms. The van der Waals surface area contributed by atoms with Gasteiger partial charge in [-0.05, 0) is 0 Å². The van der Waals surface area contributed by atoms with Crippen LogP contribution in [0.1, 0.15) is 10.5 Å². The summed E-state index contributed by atoms with van der Waals surface area (Å²) in [7, 11) is 0. The number of nitrogens with one attached hydrogen (secondary N) is 1. The van der Waals surface area contributed by atoms with Crippen LogP contribution in [0.2, 0.25) is 0 Å². The topological polar surface area (TPSA) is 103 Å². The number of amides is 3. The maximum atomic E-state index is 12.2. The molecule has 3 amide bonds. The minimum absolute atomic E-state index is 0.135. The molecule has 3 rings (SSSR count). The third-order valence-electron chi connectivity index (χ3n) is 4.06. The third-order valence-corrected chi connectivity index (χ3v) is 4.95. The first kappa shape index (κ1) is 17.9. The van der Waals surface area contributed by atoms with Crippen LogP contribution in [-0.2, 0) is 4.79 Å². The highest BCUT2D eigenvalue weighted by Gasteiger charge is 2.24. The number of piperazine rings is 1. The average molecular weight is 374 g/mol. The van der Waals surface area contributed by atoms with Gasteiger partial charge in [-0.3, -0.25) is 9.59 Å². The van der Waals surface area contributed by atoms with Crippen molar-refractivity contribution in [1.29, 1.82) is 0 Å². The molecule has 8 nitrogen and oxygen atoms in total. The van der Waals surface area contributed by atoms with E-state index in [-0.39, 0.29) is 31.2 Å². The second-order valence-corrected chi connectivity index (χ2v) is 6.60. The van der Waals surface area contributed by atoms with Gasteiger partial charge in [0.15, 0.2) is 0 Å². The molecule has 1 aromatic carbocycles. The van der Waals surface area contributed by atoms with Gasteiger partial charge in [-0.25, -0.2) is 9.78 Å². The van der Waals surface area contributed by atoms with E-state index < -0.39 is 12.0 Å². The van der Waals surface area contributed by atoms with Crippen LogP contribution >= 0.6 is 11.3 Å². The molecule has 1 aliphatic heterocycles. The Balaban J connectivity index is 1.51. The highest BCUT2D eigenvalue weighted by molar-refractivity contribution is 7.13. The van der Waals surface area contributed by atoms with E-state index in [1.54, 1.807) is 10.3 Å². The fourth-order valence-corrected chi connectivity index (χ4v) is 3.40. The Morgan fingerprint density at radius 3 is 2.38 bits per heavy atom. The molecule has 2 heterocycles. The van der Waals surface area contributed by atoms with Crippen molar-refractivity contribution >= 4 is 29.2 Å². The second kappa shape index (κ2) is 7.96. The molecule has 0 spiro atoms. The van der Waals surface area contributed by atoms with E-state index >= 15 is 0 Å². The SMILES string of the molecule is O=C(NCC(=O)N1CCN(C(=O)O)CC1)c1csc(-c2ccccc2)n1. The van der Waals surface area contributed by atoms with Crippen LogP contribution in [0.5, 0.6) is 0 Å². The van der Waals surface area contributed by atoms with E-state index in [1.807, 2.05) is 30.3 Å². The molecule has 2 aromatic rings. The van der Waals surface area contributed by atoms with Crippen molar-refractivity contribution in [3.63, 3.8) is 0 Å². The monoisotopic (exact) mass is 374 g/mol. The first-order valence-electron chi connectivity index (χ1n) is 8.09. The molecule has 1 saturated heterocycles. The summed E-state index contributed by atoms with van der Waals surface area (Å²) in [5.41, 5.74) is 1.21. The number of benzene rings is 1. The van der Waals surface area contributed by atoms with Crippen LogP contribution in [0.4, 0.5) is 4.79 Å². The van der Waals surface area contributed by atoms with Crippen LogP contribution in [0, 0.1) is 0 Å². The Morgan fingerprint density at radius 2 is 1.73 bits per heavy atom. The maximum absolute atomic E-state index is 12.2. The lowest BCUT2D eigenvalue weighted by molar-refractivity contribution is -0.131. The molecule has 136 valence electrons. The van der Waals surface area contributed by atoms with E-state index in [9.17, 15) is 14.4 Å². The van der Waals surface area contributed by atoms with Crippen molar-refractivity contribution in [1.82, 2.24) is 20.1 Å². The molecule has 0 atom stereocenters. The van der Waals surface area contributed by atoms with E-state index in [2.05, 4.69) is 10.3 Å². The van der Waals surface area contributed by atoms with Gasteiger partial charge in [0.05, 0.1) is 6.54 Å². The third kappa shape index (κ3) is 4.17. The maximum Gasteiger partial charge on any atom is 0.407 e. The van der Waals surface area contributed by atoms with Gasteiger partial charge in [-0.15, -0.1) is 11.3 Å². The highest BCUT2D eigenvalue weighted by atomic mass is 32.1. The van der Waals surface area contributed by atoms with Crippen LogP contribution in [0.15, 0.2) is 35.7 Å². The van der Waals surface area contributed by atoms with Crippen LogP contribution in [0.3, 0.4) is 0 Å². The Morgan fingerprint density at radius 1 is 1.08 bits per heavy atom. The number of carbonyl (C=O) groups is 3. The van der Waals surface area contributed by atoms with Crippen molar-refractivity contribution < 1.29 is 19.5 Å². The lowest BCUT2D eigenvalue weighted by Gasteiger charge is -2.33. The number of hydrogen-bond acceptors (Lipinski definition) is 5. The van der Waals surface area contributed by atoms with Crippen LogP contribution < -0.4 is 5.32 Å². The normalized spacial score (nSPS) is 14.2. The van der Waals surface area contributed by atoms with Crippen molar-refractivity contribution in [2.45, 2.75) is 0 Å². The van der Waals surface area contributed by atoms with Crippen molar-refractivity contribution in [3.05, 3.63) is 41.4 Å². The summed E-state index contributed by atoms with van der Waals surface area (Å²) in [6.07, 6.45) is -0.983. The standard InChI is InChI=1S/C17H18N4O4S/c22-14(20-6-8-21(9-7-20)17(24)25)10-18-15(23)13-11-26-16(19-13)12-4-2-1-3-5-12/h1-5,11H,6-10H2,(H,18,23)(H,24,25). The van der Waals surface area contributed by atoms with Crippen molar-refractivity contribution in [2.75, 3.05) is 32.7 Å². The van der Waals surface area contributed by atoms with Crippen LogP contribution in [0.25, 0.3) is 10.6 Å². The largest absolute Gasteiger partial charge is 0.465 e. The molecule has 0 bridgehead atoms. The molecule has 0 radical (unpaired) electrons. The van der Waals surface area contributed by atoms with Gasteiger partial charge < -0.3 is 20.2 Å². The average Bonchev–Trinajstić information content (AvgIpc) is 3.17. The number of rotatable bonds is 4. The molecule has 0 saturated carbocycles. The fourth-order valence-electron chi connectivity index (χ4n) is 2.60. The number of carboxylic acid groups (broad SMARTS) is 1. The predicted octanol–water partition coefficient (Wildman–Crippen LogP) is 1.36. The number of carbonyl (C=O) groups excluding carboxylic acids is 2. The minimum atomic E-state index is -0.983. The number of aromatic nitrogens is 1. The van der Waals surface area contributed by atoms with Crippen LogP contribution in [-0.4, -0.2) is 70.5 Å². The van der Waals surface area contributed by atoms with Gasteiger partial charge in [-0.2, -0.15) is 0 Å². The highest BCUT2D eigenvalue weighted by Crippen LogP contribution is 2.23.